The van der Waals surface area contributed by atoms with Gasteiger partial charge in [-0.25, -0.2) is 0 Å². The third-order valence-corrected chi connectivity index (χ3v) is 3.47. The van der Waals surface area contributed by atoms with Gasteiger partial charge in [0.2, 0.25) is 0 Å². The summed E-state index contributed by atoms with van der Waals surface area (Å²) in [7, 11) is 3.21. The molecule has 0 atom stereocenters. The van der Waals surface area contributed by atoms with Crippen LogP contribution in [0, 0.1) is 17.8 Å². The summed E-state index contributed by atoms with van der Waals surface area (Å²) < 4.78 is 13.2. The smallest absolute Gasteiger partial charge is 0.184 e. The molecule has 2 rings (SSSR count). The number of ether oxygens (including phenoxy) is 2. The largest absolute Gasteiger partial charge is 0.495 e. The molecule has 1 heterocycles. The van der Waals surface area contributed by atoms with Gasteiger partial charge in [-0.15, -0.1) is 6.42 Å². The van der Waals surface area contributed by atoms with Gasteiger partial charge >= 0.3 is 0 Å². The molecule has 0 radical (unpaired) electrons. The van der Waals surface area contributed by atoms with Crippen molar-refractivity contribution in [1.82, 2.24) is 4.57 Å². The quantitative estimate of drug-likeness (QED) is 0.842. The first-order valence-corrected chi connectivity index (χ1v) is 5.77. The molecule has 0 aliphatic heterocycles. The van der Waals surface area contributed by atoms with Gasteiger partial charge < -0.3 is 14.0 Å². The van der Waals surface area contributed by atoms with E-state index in [0.717, 1.165) is 16.0 Å². The number of fused-ring (bicyclic) bond motifs is 1. The van der Waals surface area contributed by atoms with Gasteiger partial charge in [-0.1, -0.05) is 17.3 Å². The van der Waals surface area contributed by atoms with E-state index in [1.54, 1.807) is 18.8 Å². The minimum atomic E-state index is 0.350. The standard InChI is InChI=1S/C12H12N2O2S/c1-4-7-14-10-8(15-2)5-6-9(16-3)11(10)17-12(14)13/h1,5-6,13H,7H2,2-3H3. The summed E-state index contributed by atoms with van der Waals surface area (Å²) in [5, 5.41) is 7.92. The fourth-order valence-corrected chi connectivity index (χ4v) is 2.73. The highest BCUT2D eigenvalue weighted by Gasteiger charge is 2.14. The highest BCUT2D eigenvalue weighted by Crippen LogP contribution is 2.34. The predicted molar refractivity (Wildman–Crippen MR) is 67.6 cm³/mol. The number of terminal acetylenes is 1. The Balaban J connectivity index is 2.87. The Morgan fingerprint density at radius 3 is 2.59 bits per heavy atom. The van der Waals surface area contributed by atoms with E-state index in [1.807, 2.05) is 12.1 Å². The zero-order chi connectivity index (χ0) is 12.4. The predicted octanol–water partition coefficient (Wildman–Crippen LogP) is 1.83. The molecule has 1 aromatic heterocycles. The van der Waals surface area contributed by atoms with Crippen molar-refractivity contribution in [2.45, 2.75) is 6.54 Å². The van der Waals surface area contributed by atoms with Crippen molar-refractivity contribution in [3.05, 3.63) is 16.9 Å². The Labute approximate surface area is 103 Å². The van der Waals surface area contributed by atoms with Gasteiger partial charge in [0.1, 0.15) is 21.7 Å². The third kappa shape index (κ3) is 1.77. The molecule has 0 spiro atoms. The number of hydrogen-bond acceptors (Lipinski definition) is 4. The molecule has 0 aliphatic carbocycles. The van der Waals surface area contributed by atoms with Crippen LogP contribution in [0.3, 0.4) is 0 Å². The van der Waals surface area contributed by atoms with Crippen LogP contribution in [-0.2, 0) is 6.54 Å². The zero-order valence-electron chi connectivity index (χ0n) is 9.61. The van der Waals surface area contributed by atoms with E-state index >= 15 is 0 Å². The Morgan fingerprint density at radius 2 is 2.00 bits per heavy atom. The van der Waals surface area contributed by atoms with E-state index in [9.17, 15) is 0 Å². The molecule has 17 heavy (non-hydrogen) atoms. The highest BCUT2D eigenvalue weighted by atomic mass is 32.1. The molecule has 0 saturated heterocycles. The molecule has 1 N–H and O–H groups in total. The van der Waals surface area contributed by atoms with E-state index in [2.05, 4.69) is 5.92 Å². The lowest BCUT2D eigenvalue weighted by Gasteiger charge is -2.07. The van der Waals surface area contributed by atoms with E-state index in [-0.39, 0.29) is 0 Å². The van der Waals surface area contributed by atoms with Crippen LogP contribution < -0.4 is 14.3 Å². The highest BCUT2D eigenvalue weighted by molar-refractivity contribution is 7.16. The molecular weight excluding hydrogens is 236 g/mol. The van der Waals surface area contributed by atoms with Crippen LogP contribution in [0.1, 0.15) is 0 Å². The summed E-state index contributed by atoms with van der Waals surface area (Å²) >= 11 is 1.33. The lowest BCUT2D eigenvalue weighted by molar-refractivity contribution is 0.409. The van der Waals surface area contributed by atoms with Gasteiger partial charge in [0.05, 0.1) is 20.8 Å². The van der Waals surface area contributed by atoms with E-state index in [0.29, 0.717) is 17.1 Å². The van der Waals surface area contributed by atoms with Gasteiger partial charge in [0.25, 0.3) is 0 Å². The van der Waals surface area contributed by atoms with Crippen molar-refractivity contribution >= 4 is 21.6 Å². The summed E-state index contributed by atoms with van der Waals surface area (Å²) in [6, 6.07) is 3.65. The Kier molecular flexibility index (Phi) is 3.07. The van der Waals surface area contributed by atoms with Crippen LogP contribution in [0.15, 0.2) is 12.1 Å². The number of hydrogen-bond donors (Lipinski definition) is 1. The van der Waals surface area contributed by atoms with Crippen LogP contribution in [0.25, 0.3) is 10.2 Å². The van der Waals surface area contributed by atoms with Gasteiger partial charge in [-0.3, -0.25) is 5.41 Å². The first kappa shape index (κ1) is 11.6. The number of thiazole rings is 1. The number of benzene rings is 1. The first-order valence-electron chi connectivity index (χ1n) is 4.95. The summed E-state index contributed by atoms with van der Waals surface area (Å²) in [6.07, 6.45) is 5.32. The number of aromatic nitrogens is 1. The van der Waals surface area contributed by atoms with Crippen LogP contribution in [0.5, 0.6) is 11.5 Å². The minimum Gasteiger partial charge on any atom is -0.495 e. The van der Waals surface area contributed by atoms with E-state index < -0.39 is 0 Å². The van der Waals surface area contributed by atoms with Crippen LogP contribution in [-0.4, -0.2) is 18.8 Å². The Hall–Kier alpha value is -1.93. The van der Waals surface area contributed by atoms with Crippen LogP contribution in [0.4, 0.5) is 0 Å². The number of nitrogens with zero attached hydrogens (tertiary/aromatic N) is 1. The molecule has 0 unspecified atom stereocenters. The fraction of sp³-hybridized carbons (Fsp3) is 0.250. The Morgan fingerprint density at radius 1 is 1.35 bits per heavy atom. The maximum absolute atomic E-state index is 7.92. The number of nitrogens with one attached hydrogen (secondary N) is 1. The number of methoxy groups -OCH3 is 2. The second kappa shape index (κ2) is 4.52. The lowest BCUT2D eigenvalue weighted by atomic mass is 10.3. The molecule has 1 aromatic carbocycles. The van der Waals surface area contributed by atoms with Crippen molar-refractivity contribution in [2.75, 3.05) is 14.2 Å². The minimum absolute atomic E-state index is 0.350. The topological polar surface area (TPSA) is 47.2 Å². The normalized spacial score (nSPS) is 10.2. The molecule has 5 heteroatoms. The lowest BCUT2D eigenvalue weighted by Crippen LogP contribution is -2.12. The van der Waals surface area contributed by atoms with Gasteiger partial charge in [0, 0.05) is 0 Å². The van der Waals surface area contributed by atoms with Crippen molar-refractivity contribution in [3.63, 3.8) is 0 Å². The summed E-state index contributed by atoms with van der Waals surface area (Å²) in [4.78, 5) is 0.390. The van der Waals surface area contributed by atoms with E-state index in [4.69, 9.17) is 21.3 Å². The molecule has 0 amide bonds. The first-order chi connectivity index (χ1) is 8.22. The van der Waals surface area contributed by atoms with Gasteiger partial charge in [-0.2, -0.15) is 0 Å². The van der Waals surface area contributed by atoms with Crippen LogP contribution in [0.2, 0.25) is 0 Å². The van der Waals surface area contributed by atoms with E-state index in [1.165, 1.54) is 11.3 Å². The maximum atomic E-state index is 7.92. The molecule has 0 bridgehead atoms. The van der Waals surface area contributed by atoms with Gasteiger partial charge in [-0.05, 0) is 12.1 Å². The maximum Gasteiger partial charge on any atom is 0.184 e. The number of rotatable bonds is 3. The summed E-state index contributed by atoms with van der Waals surface area (Å²) in [5.74, 6) is 3.98. The summed E-state index contributed by atoms with van der Waals surface area (Å²) in [6.45, 7) is 0.350. The molecule has 0 saturated carbocycles. The molecular formula is C12H12N2O2S. The van der Waals surface area contributed by atoms with Crippen LogP contribution >= 0.6 is 11.3 Å². The zero-order valence-corrected chi connectivity index (χ0v) is 10.4. The summed E-state index contributed by atoms with van der Waals surface area (Å²) in [5.41, 5.74) is 0.819. The average Bonchev–Trinajstić information content (AvgIpc) is 2.66. The molecule has 0 aliphatic rings. The van der Waals surface area contributed by atoms with Crippen molar-refractivity contribution in [3.8, 4) is 23.8 Å². The monoisotopic (exact) mass is 248 g/mol. The van der Waals surface area contributed by atoms with Crippen molar-refractivity contribution in [2.24, 2.45) is 0 Å². The second-order valence-electron chi connectivity index (χ2n) is 3.35. The van der Waals surface area contributed by atoms with Gasteiger partial charge in [0.15, 0.2) is 4.80 Å². The second-order valence-corrected chi connectivity index (χ2v) is 4.34. The van der Waals surface area contributed by atoms with Crippen molar-refractivity contribution in [1.29, 1.82) is 5.41 Å². The molecule has 88 valence electrons. The average molecular weight is 248 g/mol. The fourth-order valence-electron chi connectivity index (χ4n) is 1.71. The molecule has 4 nitrogen and oxygen atoms in total. The molecule has 2 aromatic rings. The third-order valence-electron chi connectivity index (χ3n) is 2.46. The van der Waals surface area contributed by atoms with Crippen molar-refractivity contribution < 1.29 is 9.47 Å². The molecule has 0 fully saturated rings. The SMILES string of the molecule is C#CCn1c(=N)sc2c(OC)ccc(OC)c21. The Bertz CT molecular complexity index is 649.